The number of rotatable bonds is 10. The van der Waals surface area contributed by atoms with Crippen molar-refractivity contribution in [1.82, 2.24) is 19.8 Å². The standard InChI is InChI=1S/C27H35ClN6O/c1-19(2)34-14-12-33(13-15-34)11-3-9-31-27-24(17-22(28)18-32-27)25(35)7-5-20-4-6-23-21(16-20)8-10-30-26(23)29/h4,6,8,10,16-19H,3,5,7,9,11-15H2,1-2H3,(H2,29,30)(H,31,32). The molecule has 0 aliphatic carbocycles. The number of pyridine rings is 2. The highest BCUT2D eigenvalue weighted by molar-refractivity contribution is 6.31. The summed E-state index contributed by atoms with van der Waals surface area (Å²) in [4.78, 5) is 26.7. The van der Waals surface area contributed by atoms with Gasteiger partial charge in [-0.15, -0.1) is 0 Å². The number of Topliss-reactive ketones (excluding diaryl/α,β-unsaturated/α-hetero) is 1. The van der Waals surface area contributed by atoms with Crippen molar-refractivity contribution in [2.24, 2.45) is 0 Å². The van der Waals surface area contributed by atoms with E-state index in [-0.39, 0.29) is 5.78 Å². The van der Waals surface area contributed by atoms with Gasteiger partial charge in [-0.1, -0.05) is 29.8 Å². The number of nitrogens with two attached hydrogens (primary N) is 1. The van der Waals surface area contributed by atoms with Crippen molar-refractivity contribution in [3.05, 3.63) is 58.9 Å². The van der Waals surface area contributed by atoms with Crippen LogP contribution in [-0.4, -0.2) is 70.9 Å². The zero-order valence-electron chi connectivity index (χ0n) is 20.6. The Balaban J connectivity index is 1.30. The molecule has 3 N–H and O–H groups in total. The second-order valence-electron chi connectivity index (χ2n) is 9.48. The van der Waals surface area contributed by atoms with Crippen LogP contribution in [0.4, 0.5) is 11.6 Å². The van der Waals surface area contributed by atoms with Crippen LogP contribution in [0.1, 0.15) is 42.6 Å². The van der Waals surface area contributed by atoms with Crippen LogP contribution >= 0.6 is 11.6 Å². The van der Waals surface area contributed by atoms with Crippen LogP contribution in [0.3, 0.4) is 0 Å². The van der Waals surface area contributed by atoms with Gasteiger partial charge in [-0.25, -0.2) is 9.97 Å². The number of hydrogen-bond acceptors (Lipinski definition) is 7. The minimum absolute atomic E-state index is 0.0293. The summed E-state index contributed by atoms with van der Waals surface area (Å²) in [6, 6.07) is 10.3. The summed E-state index contributed by atoms with van der Waals surface area (Å²) < 4.78 is 0. The second-order valence-corrected chi connectivity index (χ2v) is 9.91. The fraction of sp³-hybridized carbons (Fsp3) is 0.444. The number of nitrogens with zero attached hydrogens (tertiary/aromatic N) is 4. The molecule has 8 heteroatoms. The largest absolute Gasteiger partial charge is 0.383 e. The molecule has 4 rings (SSSR count). The Morgan fingerprint density at radius 1 is 1.14 bits per heavy atom. The summed E-state index contributed by atoms with van der Waals surface area (Å²) in [5.41, 5.74) is 7.58. The molecule has 35 heavy (non-hydrogen) atoms. The summed E-state index contributed by atoms with van der Waals surface area (Å²) >= 11 is 6.18. The summed E-state index contributed by atoms with van der Waals surface area (Å²) in [7, 11) is 0. The van der Waals surface area contributed by atoms with Crippen molar-refractivity contribution >= 4 is 39.8 Å². The number of aromatic nitrogens is 2. The first-order valence-electron chi connectivity index (χ1n) is 12.4. The molecule has 1 fully saturated rings. The van der Waals surface area contributed by atoms with Crippen molar-refractivity contribution in [2.45, 2.75) is 39.2 Å². The molecular weight excluding hydrogens is 460 g/mol. The number of benzene rings is 1. The van der Waals surface area contributed by atoms with Crippen LogP contribution in [0.5, 0.6) is 0 Å². The van der Waals surface area contributed by atoms with Gasteiger partial charge >= 0.3 is 0 Å². The lowest BCUT2D eigenvalue weighted by Gasteiger charge is -2.36. The third-order valence-electron chi connectivity index (χ3n) is 6.74. The van der Waals surface area contributed by atoms with E-state index in [0.717, 1.165) is 62.0 Å². The smallest absolute Gasteiger partial charge is 0.166 e. The Labute approximate surface area is 212 Å². The molecule has 3 heterocycles. The SMILES string of the molecule is CC(C)N1CCN(CCCNc2ncc(Cl)cc2C(=O)CCc2ccc3c(N)nccc3c2)CC1. The van der Waals surface area contributed by atoms with Crippen LogP contribution in [0.2, 0.25) is 5.02 Å². The molecule has 0 atom stereocenters. The fourth-order valence-electron chi connectivity index (χ4n) is 4.60. The van der Waals surface area contributed by atoms with E-state index in [1.165, 1.54) is 0 Å². The zero-order chi connectivity index (χ0) is 24.8. The average molecular weight is 495 g/mol. The number of nitrogen functional groups attached to an aromatic ring is 1. The quantitative estimate of drug-likeness (QED) is 0.316. The van der Waals surface area contributed by atoms with Gasteiger partial charge in [0.2, 0.25) is 0 Å². The number of halogens is 1. The maximum atomic E-state index is 13.1. The Kier molecular flexibility index (Phi) is 8.55. The van der Waals surface area contributed by atoms with Crippen molar-refractivity contribution < 1.29 is 4.79 Å². The fourth-order valence-corrected chi connectivity index (χ4v) is 4.76. The van der Waals surface area contributed by atoms with E-state index in [0.29, 0.717) is 41.1 Å². The van der Waals surface area contributed by atoms with Crippen LogP contribution < -0.4 is 11.1 Å². The third-order valence-corrected chi connectivity index (χ3v) is 6.94. The van der Waals surface area contributed by atoms with Gasteiger partial charge in [-0.2, -0.15) is 0 Å². The van der Waals surface area contributed by atoms with E-state index in [9.17, 15) is 4.79 Å². The Bertz CT molecular complexity index is 1160. The predicted octanol–water partition coefficient (Wildman–Crippen LogP) is 4.51. The first kappa shape index (κ1) is 25.4. The molecule has 0 radical (unpaired) electrons. The molecule has 186 valence electrons. The summed E-state index contributed by atoms with van der Waals surface area (Å²) in [6.07, 6.45) is 5.30. The molecule has 7 nitrogen and oxygen atoms in total. The number of piperazine rings is 1. The number of hydrogen-bond donors (Lipinski definition) is 2. The number of fused-ring (bicyclic) bond motifs is 1. The van der Waals surface area contributed by atoms with Gasteiger partial charge < -0.3 is 16.0 Å². The van der Waals surface area contributed by atoms with E-state index in [1.54, 1.807) is 18.5 Å². The number of ketones is 1. The Morgan fingerprint density at radius 2 is 1.94 bits per heavy atom. The lowest BCUT2D eigenvalue weighted by atomic mass is 10.0. The first-order chi connectivity index (χ1) is 16.9. The van der Waals surface area contributed by atoms with Crippen LogP contribution in [0.15, 0.2) is 42.7 Å². The van der Waals surface area contributed by atoms with Crippen molar-refractivity contribution in [1.29, 1.82) is 0 Å². The maximum Gasteiger partial charge on any atom is 0.166 e. The zero-order valence-corrected chi connectivity index (χ0v) is 21.4. The number of nitrogens with one attached hydrogen (secondary N) is 1. The Hall–Kier alpha value is -2.74. The lowest BCUT2D eigenvalue weighted by Crippen LogP contribution is -2.49. The summed E-state index contributed by atoms with van der Waals surface area (Å²) in [5.74, 6) is 1.16. The van der Waals surface area contributed by atoms with Crippen molar-refractivity contribution in [2.75, 3.05) is 50.3 Å². The molecule has 0 spiro atoms. The molecule has 0 unspecified atom stereocenters. The number of anilines is 2. The van der Waals surface area contributed by atoms with E-state index < -0.39 is 0 Å². The molecule has 1 aliphatic rings. The molecule has 0 amide bonds. The molecule has 0 saturated carbocycles. The van der Waals surface area contributed by atoms with Crippen molar-refractivity contribution in [3.8, 4) is 0 Å². The van der Waals surface area contributed by atoms with E-state index in [4.69, 9.17) is 17.3 Å². The van der Waals surface area contributed by atoms with Gasteiger partial charge in [0.05, 0.1) is 10.6 Å². The van der Waals surface area contributed by atoms with Gasteiger partial charge in [0, 0.05) is 63.0 Å². The van der Waals surface area contributed by atoms with Gasteiger partial charge in [0.1, 0.15) is 11.6 Å². The number of carbonyl (C=O) groups is 1. The van der Waals surface area contributed by atoms with Gasteiger partial charge in [0.15, 0.2) is 5.78 Å². The maximum absolute atomic E-state index is 13.1. The highest BCUT2D eigenvalue weighted by atomic mass is 35.5. The highest BCUT2D eigenvalue weighted by Crippen LogP contribution is 2.23. The molecular formula is C27H35ClN6O. The second kappa shape index (κ2) is 11.8. The normalized spacial score (nSPS) is 15.1. The van der Waals surface area contributed by atoms with Crippen LogP contribution in [0.25, 0.3) is 10.8 Å². The third kappa shape index (κ3) is 6.69. The van der Waals surface area contributed by atoms with E-state index in [1.807, 2.05) is 18.2 Å². The average Bonchev–Trinajstić information content (AvgIpc) is 2.86. The first-order valence-corrected chi connectivity index (χ1v) is 12.8. The molecule has 1 aliphatic heterocycles. The van der Waals surface area contributed by atoms with Crippen molar-refractivity contribution in [3.63, 3.8) is 0 Å². The predicted molar refractivity (Wildman–Crippen MR) is 144 cm³/mol. The minimum Gasteiger partial charge on any atom is -0.383 e. The van der Waals surface area contributed by atoms with Gasteiger partial charge in [-0.3, -0.25) is 9.69 Å². The van der Waals surface area contributed by atoms with Crippen LogP contribution in [-0.2, 0) is 6.42 Å². The van der Waals surface area contributed by atoms with E-state index >= 15 is 0 Å². The molecule has 0 bridgehead atoms. The Morgan fingerprint density at radius 3 is 2.71 bits per heavy atom. The molecule has 2 aromatic heterocycles. The highest BCUT2D eigenvalue weighted by Gasteiger charge is 2.18. The monoisotopic (exact) mass is 494 g/mol. The summed E-state index contributed by atoms with van der Waals surface area (Å²) in [6.45, 7) is 10.8. The number of aryl methyl sites for hydroxylation is 1. The minimum atomic E-state index is 0.0293. The van der Waals surface area contributed by atoms with E-state index in [2.05, 4.69) is 45.0 Å². The summed E-state index contributed by atoms with van der Waals surface area (Å²) in [5, 5.41) is 5.79. The van der Waals surface area contributed by atoms with Crippen LogP contribution in [0, 0.1) is 0 Å². The van der Waals surface area contributed by atoms with Gasteiger partial charge in [0.25, 0.3) is 0 Å². The topological polar surface area (TPSA) is 87.4 Å². The molecule has 1 aromatic carbocycles. The molecule has 3 aromatic rings. The number of carbonyl (C=O) groups excluding carboxylic acids is 1. The molecule has 1 saturated heterocycles. The van der Waals surface area contributed by atoms with Gasteiger partial charge in [-0.05, 0) is 56.3 Å². The lowest BCUT2D eigenvalue weighted by molar-refractivity contribution is 0.0983.